The largest absolute Gasteiger partial charge is 0.507 e. The number of nitrogens with one attached hydrogen (secondary N) is 1. The SMILES string of the molecule is CC(C)(C)c1cc([C@@H]2CCCN2)cc(C(C)(C)C)c1O. The summed E-state index contributed by atoms with van der Waals surface area (Å²) in [4.78, 5) is 0. The summed E-state index contributed by atoms with van der Waals surface area (Å²) < 4.78 is 0. The van der Waals surface area contributed by atoms with Gasteiger partial charge >= 0.3 is 0 Å². The Morgan fingerprint density at radius 2 is 1.50 bits per heavy atom. The van der Waals surface area contributed by atoms with Crippen molar-refractivity contribution in [1.29, 1.82) is 0 Å². The summed E-state index contributed by atoms with van der Waals surface area (Å²) in [6.07, 6.45) is 2.43. The molecule has 0 spiro atoms. The molecule has 0 bridgehead atoms. The lowest BCUT2D eigenvalue weighted by Gasteiger charge is -2.29. The van der Waals surface area contributed by atoms with Gasteiger partial charge in [0.2, 0.25) is 0 Å². The summed E-state index contributed by atoms with van der Waals surface area (Å²) in [5.41, 5.74) is 3.37. The molecule has 1 aliphatic heterocycles. The van der Waals surface area contributed by atoms with Gasteiger partial charge in [0, 0.05) is 6.04 Å². The van der Waals surface area contributed by atoms with E-state index in [0.717, 1.165) is 17.7 Å². The summed E-state index contributed by atoms with van der Waals surface area (Å²) in [5, 5.41) is 14.3. The minimum atomic E-state index is -0.0430. The molecule has 2 N–H and O–H groups in total. The summed E-state index contributed by atoms with van der Waals surface area (Å²) in [6, 6.07) is 4.85. The molecule has 1 aliphatic rings. The van der Waals surface area contributed by atoms with Gasteiger partial charge in [-0.3, -0.25) is 0 Å². The van der Waals surface area contributed by atoms with Crippen molar-refractivity contribution in [3.63, 3.8) is 0 Å². The molecule has 0 amide bonds. The first-order valence-electron chi connectivity index (χ1n) is 7.72. The van der Waals surface area contributed by atoms with E-state index in [1.807, 2.05) is 0 Å². The Morgan fingerprint density at radius 3 is 1.85 bits per heavy atom. The highest BCUT2D eigenvalue weighted by Crippen LogP contribution is 2.41. The molecule has 1 fully saturated rings. The fraction of sp³-hybridized carbons (Fsp3) is 0.667. The Kier molecular flexibility index (Phi) is 3.90. The Bertz CT molecular complexity index is 450. The fourth-order valence-electron chi connectivity index (χ4n) is 2.97. The summed E-state index contributed by atoms with van der Waals surface area (Å²) in [5.74, 6) is 0.478. The van der Waals surface area contributed by atoms with Crippen LogP contribution in [0.3, 0.4) is 0 Å². The van der Waals surface area contributed by atoms with Crippen LogP contribution in [0.15, 0.2) is 12.1 Å². The average molecular weight is 275 g/mol. The third-order valence-corrected chi connectivity index (χ3v) is 4.21. The maximum Gasteiger partial charge on any atom is 0.123 e. The number of phenols is 1. The Balaban J connectivity index is 2.60. The maximum absolute atomic E-state index is 10.7. The van der Waals surface area contributed by atoms with Crippen LogP contribution >= 0.6 is 0 Å². The van der Waals surface area contributed by atoms with E-state index in [0.29, 0.717) is 11.8 Å². The summed E-state index contributed by atoms with van der Waals surface area (Å²) >= 11 is 0. The van der Waals surface area contributed by atoms with Crippen molar-refractivity contribution in [3.05, 3.63) is 28.8 Å². The normalized spacial score (nSPS) is 20.4. The highest BCUT2D eigenvalue weighted by Gasteiger charge is 2.28. The molecule has 0 unspecified atom stereocenters. The molecule has 112 valence electrons. The summed E-state index contributed by atoms with van der Waals surface area (Å²) in [7, 11) is 0. The van der Waals surface area contributed by atoms with Gasteiger partial charge in [0.15, 0.2) is 0 Å². The first kappa shape index (κ1) is 15.4. The van der Waals surface area contributed by atoms with Crippen LogP contribution in [0.25, 0.3) is 0 Å². The molecule has 20 heavy (non-hydrogen) atoms. The van der Waals surface area contributed by atoms with Crippen LogP contribution in [0.1, 0.15) is 77.1 Å². The molecule has 2 nitrogen and oxygen atoms in total. The van der Waals surface area contributed by atoms with Gasteiger partial charge in [-0.25, -0.2) is 0 Å². The Morgan fingerprint density at radius 1 is 1.00 bits per heavy atom. The lowest BCUT2D eigenvalue weighted by Crippen LogP contribution is -2.20. The number of aromatic hydroxyl groups is 1. The van der Waals surface area contributed by atoms with Crippen LogP contribution in [0.5, 0.6) is 5.75 Å². The third-order valence-electron chi connectivity index (χ3n) is 4.21. The van der Waals surface area contributed by atoms with Crippen molar-refractivity contribution in [2.75, 3.05) is 6.54 Å². The molecule has 1 aromatic rings. The van der Waals surface area contributed by atoms with Gasteiger partial charge in [0.05, 0.1) is 0 Å². The molecule has 0 aromatic heterocycles. The van der Waals surface area contributed by atoms with E-state index < -0.39 is 0 Å². The Labute approximate surface area is 123 Å². The number of phenolic OH excluding ortho intramolecular Hbond substituents is 1. The number of rotatable bonds is 1. The van der Waals surface area contributed by atoms with E-state index in [1.54, 1.807) is 0 Å². The number of benzene rings is 1. The molecular weight excluding hydrogens is 246 g/mol. The second kappa shape index (κ2) is 5.07. The van der Waals surface area contributed by atoms with E-state index in [4.69, 9.17) is 0 Å². The van der Waals surface area contributed by atoms with Crippen LogP contribution < -0.4 is 5.32 Å². The predicted octanol–water partition coefficient (Wildman–Crippen LogP) is 4.41. The molecular formula is C18H29NO. The van der Waals surface area contributed by atoms with Crippen LogP contribution in [-0.2, 0) is 10.8 Å². The lowest BCUT2D eigenvalue weighted by atomic mass is 9.77. The van der Waals surface area contributed by atoms with E-state index in [1.165, 1.54) is 18.4 Å². The minimum Gasteiger partial charge on any atom is -0.507 e. The number of hydrogen-bond donors (Lipinski definition) is 2. The van der Waals surface area contributed by atoms with Gasteiger partial charge in [0.25, 0.3) is 0 Å². The van der Waals surface area contributed by atoms with Crippen LogP contribution in [0, 0.1) is 0 Å². The van der Waals surface area contributed by atoms with Gasteiger partial charge in [-0.05, 0) is 59.0 Å². The zero-order valence-corrected chi connectivity index (χ0v) is 13.8. The maximum atomic E-state index is 10.7. The monoisotopic (exact) mass is 275 g/mol. The van der Waals surface area contributed by atoms with Gasteiger partial charge in [0.1, 0.15) is 5.75 Å². The second-order valence-electron chi connectivity index (χ2n) is 8.11. The molecule has 0 aliphatic carbocycles. The van der Waals surface area contributed by atoms with Crippen molar-refractivity contribution in [1.82, 2.24) is 5.32 Å². The minimum absolute atomic E-state index is 0.0430. The van der Waals surface area contributed by atoms with E-state index in [9.17, 15) is 5.11 Å². The first-order chi connectivity index (χ1) is 9.10. The first-order valence-corrected chi connectivity index (χ1v) is 7.72. The highest BCUT2D eigenvalue weighted by molar-refractivity contribution is 5.50. The van der Waals surface area contributed by atoms with Crippen molar-refractivity contribution in [2.24, 2.45) is 0 Å². The van der Waals surface area contributed by atoms with E-state index in [2.05, 4.69) is 59.0 Å². The molecule has 1 heterocycles. The van der Waals surface area contributed by atoms with Crippen molar-refractivity contribution in [3.8, 4) is 5.75 Å². The van der Waals surface area contributed by atoms with Crippen molar-refractivity contribution in [2.45, 2.75) is 71.3 Å². The van der Waals surface area contributed by atoms with E-state index >= 15 is 0 Å². The molecule has 0 radical (unpaired) electrons. The number of hydrogen-bond acceptors (Lipinski definition) is 2. The van der Waals surface area contributed by atoms with Crippen LogP contribution in [0.2, 0.25) is 0 Å². The van der Waals surface area contributed by atoms with Gasteiger partial charge in [-0.15, -0.1) is 0 Å². The van der Waals surface area contributed by atoms with Crippen LogP contribution in [0.4, 0.5) is 0 Å². The zero-order valence-electron chi connectivity index (χ0n) is 13.8. The standard InChI is InChI=1S/C18H29NO/c1-17(2,3)13-10-12(15-8-7-9-19-15)11-14(16(13)20)18(4,5)6/h10-11,15,19-20H,7-9H2,1-6H3/t15-/m0/s1. The topological polar surface area (TPSA) is 32.3 Å². The van der Waals surface area contributed by atoms with Crippen molar-refractivity contribution < 1.29 is 5.11 Å². The molecule has 0 saturated carbocycles. The average Bonchev–Trinajstić information content (AvgIpc) is 2.79. The quantitative estimate of drug-likeness (QED) is 0.795. The van der Waals surface area contributed by atoms with Gasteiger partial charge in [-0.2, -0.15) is 0 Å². The lowest BCUT2D eigenvalue weighted by molar-refractivity contribution is 0.421. The van der Waals surface area contributed by atoms with Gasteiger partial charge < -0.3 is 10.4 Å². The molecule has 2 rings (SSSR count). The fourth-order valence-corrected chi connectivity index (χ4v) is 2.97. The van der Waals surface area contributed by atoms with Crippen molar-refractivity contribution >= 4 is 0 Å². The second-order valence-corrected chi connectivity index (χ2v) is 8.11. The third kappa shape index (κ3) is 3.01. The molecule has 1 aromatic carbocycles. The predicted molar refractivity (Wildman–Crippen MR) is 85.5 cm³/mol. The molecule has 1 saturated heterocycles. The molecule has 1 atom stereocenters. The highest BCUT2D eigenvalue weighted by atomic mass is 16.3. The Hall–Kier alpha value is -1.02. The smallest absolute Gasteiger partial charge is 0.123 e. The summed E-state index contributed by atoms with van der Waals surface area (Å²) in [6.45, 7) is 14.1. The van der Waals surface area contributed by atoms with Gasteiger partial charge in [-0.1, -0.05) is 41.5 Å². The van der Waals surface area contributed by atoms with Crippen LogP contribution in [-0.4, -0.2) is 11.7 Å². The zero-order chi connectivity index (χ0) is 15.1. The molecule has 2 heteroatoms. The van der Waals surface area contributed by atoms with E-state index in [-0.39, 0.29) is 10.8 Å².